The van der Waals surface area contributed by atoms with Crippen molar-refractivity contribution in [2.45, 2.75) is 38.1 Å². The zero-order chi connectivity index (χ0) is 24.5. The third-order valence-electron chi connectivity index (χ3n) is 6.70. The van der Waals surface area contributed by atoms with E-state index in [1.165, 1.54) is 25.3 Å². The minimum Gasteiger partial charge on any atom is -0.352 e. The van der Waals surface area contributed by atoms with Gasteiger partial charge in [-0.05, 0) is 61.4 Å². The number of pyridine rings is 1. The summed E-state index contributed by atoms with van der Waals surface area (Å²) in [4.78, 5) is 14.3. The lowest BCUT2D eigenvalue weighted by molar-refractivity contribution is 0.437. The van der Waals surface area contributed by atoms with Crippen molar-refractivity contribution < 1.29 is 8.78 Å². The van der Waals surface area contributed by atoms with Gasteiger partial charge in [0.2, 0.25) is 0 Å². The molecule has 5 nitrogen and oxygen atoms in total. The van der Waals surface area contributed by atoms with Crippen molar-refractivity contribution in [2.24, 2.45) is 4.99 Å². The first kappa shape index (κ1) is 22.3. The standard InChI is InChI=1S/C29H25F2N5/c30-22-13-12-21(15-23(22)31)36-28-11-5-4-10-24(28)35-27-16-25(34-20-9-6-14-32-18-20)26(17-29(27)36)33-19-7-2-1-3-8-19/h4-6,9-19,34H,1-3,7-8H2/b33-26+. The van der Waals surface area contributed by atoms with Crippen molar-refractivity contribution in [3.8, 4) is 17.1 Å². The summed E-state index contributed by atoms with van der Waals surface area (Å²) in [6.07, 6.45) is 9.22. The molecule has 3 aromatic rings. The Hall–Kier alpha value is -4.13. The van der Waals surface area contributed by atoms with Gasteiger partial charge in [0.25, 0.3) is 0 Å². The minimum absolute atomic E-state index is 0.246. The van der Waals surface area contributed by atoms with E-state index in [1.807, 2.05) is 53.1 Å². The third kappa shape index (κ3) is 4.33. The summed E-state index contributed by atoms with van der Waals surface area (Å²) in [5.41, 5.74) is 5.24. The van der Waals surface area contributed by atoms with Crippen molar-refractivity contribution in [2.75, 3.05) is 5.32 Å². The summed E-state index contributed by atoms with van der Waals surface area (Å²) >= 11 is 0. The van der Waals surface area contributed by atoms with Gasteiger partial charge in [-0.15, -0.1) is 0 Å². The first-order chi connectivity index (χ1) is 17.7. The molecular formula is C29H25F2N5. The normalized spacial score (nSPS) is 15.0. The van der Waals surface area contributed by atoms with Crippen LogP contribution in [0.4, 0.5) is 20.2 Å². The first-order valence-corrected chi connectivity index (χ1v) is 12.3. The first-order valence-electron chi connectivity index (χ1n) is 12.3. The predicted molar refractivity (Wildman–Crippen MR) is 138 cm³/mol. The van der Waals surface area contributed by atoms with Crippen LogP contribution < -0.4 is 10.7 Å². The second kappa shape index (κ2) is 9.49. The van der Waals surface area contributed by atoms with Gasteiger partial charge in [0.1, 0.15) is 0 Å². The molecule has 6 rings (SSSR count). The van der Waals surface area contributed by atoms with Gasteiger partial charge in [-0.2, -0.15) is 0 Å². The van der Waals surface area contributed by atoms with Crippen molar-refractivity contribution in [1.29, 1.82) is 0 Å². The number of nitrogens with one attached hydrogen (secondary N) is 1. The highest BCUT2D eigenvalue weighted by atomic mass is 19.2. The molecule has 1 fully saturated rings. The van der Waals surface area contributed by atoms with E-state index in [0.717, 1.165) is 52.4 Å². The predicted octanol–water partition coefficient (Wildman–Crippen LogP) is 6.78. The maximum absolute atomic E-state index is 14.3. The van der Waals surface area contributed by atoms with E-state index in [-0.39, 0.29) is 6.04 Å². The van der Waals surface area contributed by atoms with Crippen LogP contribution in [-0.2, 0) is 0 Å². The van der Waals surface area contributed by atoms with Gasteiger partial charge in [-0.1, -0.05) is 31.4 Å². The fourth-order valence-corrected chi connectivity index (χ4v) is 4.95. The molecule has 1 saturated carbocycles. The van der Waals surface area contributed by atoms with Gasteiger partial charge in [-0.3, -0.25) is 9.98 Å². The molecular weight excluding hydrogens is 456 g/mol. The topological polar surface area (TPSA) is 55.1 Å². The molecule has 1 aromatic heterocycles. The number of hydrogen-bond donors (Lipinski definition) is 1. The Morgan fingerprint density at radius 2 is 1.75 bits per heavy atom. The van der Waals surface area contributed by atoms with E-state index in [1.54, 1.807) is 18.5 Å². The van der Waals surface area contributed by atoms with Crippen molar-refractivity contribution in [1.82, 2.24) is 14.5 Å². The van der Waals surface area contributed by atoms with Crippen LogP contribution in [0.25, 0.3) is 28.1 Å². The van der Waals surface area contributed by atoms with Crippen molar-refractivity contribution in [3.05, 3.63) is 96.1 Å². The van der Waals surface area contributed by atoms with Gasteiger partial charge in [0.15, 0.2) is 11.6 Å². The number of halogens is 2. The molecule has 2 aliphatic carbocycles. The second-order valence-electron chi connectivity index (χ2n) is 9.18. The van der Waals surface area contributed by atoms with E-state index >= 15 is 0 Å². The van der Waals surface area contributed by atoms with Crippen LogP contribution in [0, 0.1) is 11.6 Å². The summed E-state index contributed by atoms with van der Waals surface area (Å²) < 4.78 is 30.0. The highest BCUT2D eigenvalue weighted by molar-refractivity contribution is 5.84. The van der Waals surface area contributed by atoms with Crippen LogP contribution in [0.5, 0.6) is 0 Å². The summed E-state index contributed by atoms with van der Waals surface area (Å²) in [5.74, 6) is -1.77. The minimum atomic E-state index is -0.893. The number of rotatable bonds is 4. The number of para-hydroxylation sites is 2. The Morgan fingerprint density at radius 3 is 2.56 bits per heavy atom. The average molecular weight is 482 g/mol. The Bertz CT molecular complexity index is 1570. The second-order valence-corrected chi connectivity index (χ2v) is 9.18. The van der Waals surface area contributed by atoms with Crippen LogP contribution in [-0.4, -0.2) is 20.6 Å². The number of benzene rings is 3. The highest BCUT2D eigenvalue weighted by Crippen LogP contribution is 2.31. The van der Waals surface area contributed by atoms with Crippen LogP contribution >= 0.6 is 0 Å². The molecule has 0 atom stereocenters. The molecule has 2 aromatic carbocycles. The summed E-state index contributed by atoms with van der Waals surface area (Å²) in [5, 5.41) is 4.27. The zero-order valence-corrected chi connectivity index (χ0v) is 19.7. The molecule has 0 spiro atoms. The van der Waals surface area contributed by atoms with Gasteiger partial charge >= 0.3 is 0 Å². The van der Waals surface area contributed by atoms with Crippen LogP contribution in [0.1, 0.15) is 32.1 Å². The van der Waals surface area contributed by atoms with Crippen LogP contribution in [0.2, 0.25) is 0 Å². The molecule has 1 aliphatic heterocycles. The fourth-order valence-electron chi connectivity index (χ4n) is 4.95. The molecule has 0 amide bonds. The SMILES string of the molecule is Fc1ccc(-n2c3c/c(=N\C4CCCCC4)c(Nc4cccnc4)cc-3nc3ccccc32)cc1F. The highest BCUT2D eigenvalue weighted by Gasteiger charge is 2.19. The number of nitrogens with zero attached hydrogens (tertiary/aromatic N) is 4. The zero-order valence-electron chi connectivity index (χ0n) is 19.7. The molecule has 0 bridgehead atoms. The smallest absolute Gasteiger partial charge is 0.160 e. The summed E-state index contributed by atoms with van der Waals surface area (Å²) in [6.45, 7) is 0. The number of aromatic nitrogens is 3. The van der Waals surface area contributed by atoms with E-state index < -0.39 is 11.6 Å². The average Bonchev–Trinajstić information content (AvgIpc) is 2.91. The fraction of sp³-hybridized carbons (Fsp3) is 0.207. The van der Waals surface area contributed by atoms with Gasteiger partial charge in [0.05, 0.1) is 51.4 Å². The summed E-state index contributed by atoms with van der Waals surface area (Å²) in [6, 6.07) is 19.7. The maximum Gasteiger partial charge on any atom is 0.160 e. The molecule has 2 heterocycles. The molecule has 0 saturated heterocycles. The third-order valence-corrected chi connectivity index (χ3v) is 6.70. The van der Waals surface area contributed by atoms with Crippen molar-refractivity contribution in [3.63, 3.8) is 0 Å². The number of anilines is 2. The molecule has 1 N–H and O–H groups in total. The molecule has 7 heteroatoms. The lowest BCUT2D eigenvalue weighted by Crippen LogP contribution is -2.19. The van der Waals surface area contributed by atoms with Crippen LogP contribution in [0.3, 0.4) is 0 Å². The molecule has 3 aliphatic rings. The Kier molecular flexibility index (Phi) is 5.89. The molecule has 0 radical (unpaired) electrons. The lowest BCUT2D eigenvalue weighted by atomic mass is 9.96. The Labute approximate surface area is 207 Å². The molecule has 36 heavy (non-hydrogen) atoms. The Balaban J connectivity index is 1.63. The largest absolute Gasteiger partial charge is 0.352 e. The molecule has 180 valence electrons. The quantitative estimate of drug-likeness (QED) is 0.288. The van der Waals surface area contributed by atoms with E-state index in [4.69, 9.17) is 9.98 Å². The lowest BCUT2D eigenvalue weighted by Gasteiger charge is -2.21. The van der Waals surface area contributed by atoms with Crippen molar-refractivity contribution >= 4 is 22.4 Å². The molecule has 0 unspecified atom stereocenters. The monoisotopic (exact) mass is 481 g/mol. The van der Waals surface area contributed by atoms with E-state index in [9.17, 15) is 8.78 Å². The Morgan fingerprint density at radius 1 is 0.889 bits per heavy atom. The van der Waals surface area contributed by atoms with E-state index in [2.05, 4.69) is 10.3 Å². The maximum atomic E-state index is 14.3. The summed E-state index contributed by atoms with van der Waals surface area (Å²) in [7, 11) is 0. The van der Waals surface area contributed by atoms with Crippen LogP contribution in [0.15, 0.2) is 84.1 Å². The van der Waals surface area contributed by atoms with E-state index in [0.29, 0.717) is 11.4 Å². The number of hydrogen-bond acceptors (Lipinski definition) is 4. The van der Waals surface area contributed by atoms with Gasteiger partial charge < -0.3 is 9.88 Å². The number of fused-ring (bicyclic) bond motifs is 2. The van der Waals surface area contributed by atoms with Gasteiger partial charge in [0, 0.05) is 18.0 Å². The van der Waals surface area contributed by atoms with Gasteiger partial charge in [-0.25, -0.2) is 13.8 Å².